The highest BCUT2D eigenvalue weighted by atomic mass is 31.2. The number of nitrogens with zero attached hydrogens (tertiary/aromatic N) is 4. The largest absolute Gasteiger partial charge is 0.476 e. The second kappa shape index (κ2) is 14.0. The third-order valence-corrected chi connectivity index (χ3v) is 10.2. The first kappa shape index (κ1) is 34.9. The predicted molar refractivity (Wildman–Crippen MR) is 170 cm³/mol. The van der Waals surface area contributed by atoms with E-state index in [1.54, 1.807) is 25.1 Å². The van der Waals surface area contributed by atoms with Crippen molar-refractivity contribution in [1.82, 2.24) is 24.6 Å². The number of nitrogens with two attached hydrogens (primary N) is 1. The molecule has 256 valence electrons. The molecule has 1 aliphatic heterocycles. The molecule has 1 saturated heterocycles. The number of carbonyl (C=O) groups excluding carboxylic acids is 1. The van der Waals surface area contributed by atoms with Gasteiger partial charge in [-0.2, -0.15) is 9.97 Å². The SMILES string of the molecule is C=C(C)[C@]1(O)[C@H](n2cnc3c(OCC)nc(N)nc32)O[C@](F)(CO[P@](=O)(N[C@@H](C)C(=O)CC2CCCCC2)Oc2ccccc2)[C@H]1O. The number of fused-ring (bicyclic) bond motifs is 1. The number of benzene rings is 1. The fourth-order valence-corrected chi connectivity index (χ4v) is 7.53. The predicted octanol–water partition coefficient (Wildman–Crippen LogP) is 4.39. The third kappa shape index (κ3) is 7.20. The van der Waals surface area contributed by atoms with Gasteiger partial charge >= 0.3 is 7.75 Å². The Kier molecular flexibility index (Phi) is 10.3. The first-order chi connectivity index (χ1) is 22.3. The van der Waals surface area contributed by atoms with Gasteiger partial charge in [-0.3, -0.25) is 13.9 Å². The lowest BCUT2D eigenvalue weighted by atomic mass is 9.85. The van der Waals surface area contributed by atoms with Gasteiger partial charge in [0.15, 0.2) is 29.1 Å². The molecule has 3 aromatic rings. The fraction of sp³-hybridized carbons (Fsp3) is 0.548. The number of aliphatic hydroxyl groups is 2. The number of para-hydroxylation sites is 1. The topological polar surface area (TPSA) is 193 Å². The summed E-state index contributed by atoms with van der Waals surface area (Å²) in [4.78, 5) is 25.6. The van der Waals surface area contributed by atoms with E-state index in [1.807, 2.05) is 0 Å². The van der Waals surface area contributed by atoms with E-state index in [4.69, 9.17) is 24.3 Å². The van der Waals surface area contributed by atoms with Gasteiger partial charge in [-0.25, -0.2) is 19.0 Å². The smallest absolute Gasteiger partial charge is 0.459 e. The number of rotatable bonds is 14. The molecule has 0 spiro atoms. The second-order valence-electron chi connectivity index (χ2n) is 12.1. The number of anilines is 1. The van der Waals surface area contributed by atoms with Crippen LogP contribution in [0.4, 0.5) is 10.3 Å². The molecule has 0 bridgehead atoms. The standard InChI is InChI=1S/C31H42FN6O8P/c1-5-43-26-24-25(35-29(33)36-26)38(18-34-24)28-31(41,19(2)3)27(40)30(32,45-28)17-44-47(42,46-22-14-10-7-11-15-22)37-20(4)23(39)16-21-12-8-6-9-13-21/h7,10-11,14-15,18,20-21,27-28,40-41H,2,5-6,8-9,12-13,16-17H2,1,3-4H3,(H,37,42)(H2,33,35,36)/t20-,27+,28+,30+,31+,47+/m0/s1. The third-order valence-electron chi connectivity index (χ3n) is 8.58. The van der Waals surface area contributed by atoms with Gasteiger partial charge in [-0.15, -0.1) is 0 Å². The van der Waals surface area contributed by atoms with Crippen LogP contribution in [0.5, 0.6) is 11.6 Å². The van der Waals surface area contributed by atoms with Crippen LogP contribution >= 0.6 is 7.75 Å². The zero-order chi connectivity index (χ0) is 34.0. The number of imidazole rings is 1. The average Bonchev–Trinajstić information content (AvgIpc) is 3.54. The quantitative estimate of drug-likeness (QED) is 0.139. The molecule has 47 heavy (non-hydrogen) atoms. The molecular formula is C31H42FN6O8P. The summed E-state index contributed by atoms with van der Waals surface area (Å²) < 4.78 is 54.6. The van der Waals surface area contributed by atoms with E-state index in [1.165, 1.54) is 36.9 Å². The van der Waals surface area contributed by atoms with Crippen molar-refractivity contribution in [3.8, 4) is 11.6 Å². The van der Waals surface area contributed by atoms with Gasteiger partial charge in [-0.05, 0) is 44.4 Å². The first-order valence-corrected chi connectivity index (χ1v) is 17.2. The summed E-state index contributed by atoms with van der Waals surface area (Å²) in [7, 11) is -4.51. The van der Waals surface area contributed by atoms with E-state index in [-0.39, 0.29) is 52.6 Å². The monoisotopic (exact) mass is 676 g/mol. The molecule has 6 atom stereocenters. The Labute approximate surface area is 272 Å². The number of hydrogen-bond donors (Lipinski definition) is 4. The molecule has 1 aromatic carbocycles. The molecular weight excluding hydrogens is 634 g/mol. The Bertz CT molecular complexity index is 1640. The number of Topliss-reactive ketones (excluding diaryl/α,β-unsaturated/α-hetero) is 1. The minimum Gasteiger partial charge on any atom is -0.476 e. The number of alkyl halides is 1. The maximum atomic E-state index is 16.8. The molecule has 5 rings (SSSR count). The van der Waals surface area contributed by atoms with Gasteiger partial charge in [0.1, 0.15) is 18.1 Å². The summed E-state index contributed by atoms with van der Waals surface area (Å²) in [5, 5.41) is 25.7. The number of aromatic nitrogens is 4. The van der Waals surface area contributed by atoms with E-state index in [0.29, 0.717) is 6.42 Å². The zero-order valence-electron chi connectivity index (χ0n) is 26.7. The zero-order valence-corrected chi connectivity index (χ0v) is 27.6. The summed E-state index contributed by atoms with van der Waals surface area (Å²) in [5.74, 6) is -3.15. The molecule has 16 heteroatoms. The summed E-state index contributed by atoms with van der Waals surface area (Å²) in [6.45, 7) is 7.46. The molecule has 3 heterocycles. The van der Waals surface area contributed by atoms with Crippen molar-refractivity contribution in [2.75, 3.05) is 18.9 Å². The van der Waals surface area contributed by atoms with Crippen LogP contribution in [-0.4, -0.2) is 72.3 Å². The average molecular weight is 677 g/mol. The highest BCUT2D eigenvalue weighted by molar-refractivity contribution is 7.52. The molecule has 0 amide bonds. The van der Waals surface area contributed by atoms with Crippen molar-refractivity contribution < 1.29 is 42.5 Å². The summed E-state index contributed by atoms with van der Waals surface area (Å²) in [5.41, 5.74) is 3.52. The molecule has 2 aliphatic rings. The number of halogens is 1. The van der Waals surface area contributed by atoms with E-state index >= 15 is 4.39 Å². The Balaban J connectivity index is 1.42. The number of nitrogens with one attached hydrogen (secondary N) is 1. The number of ether oxygens (including phenoxy) is 2. The molecule has 1 aliphatic carbocycles. The van der Waals surface area contributed by atoms with Crippen LogP contribution in [0.1, 0.15) is 65.5 Å². The second-order valence-corrected chi connectivity index (χ2v) is 13.8. The van der Waals surface area contributed by atoms with Gasteiger partial charge in [0.2, 0.25) is 11.8 Å². The minimum absolute atomic E-state index is 0.0213. The molecule has 0 radical (unpaired) electrons. The molecule has 2 aromatic heterocycles. The van der Waals surface area contributed by atoms with Crippen molar-refractivity contribution in [1.29, 1.82) is 0 Å². The maximum absolute atomic E-state index is 16.8. The van der Waals surface area contributed by atoms with Crippen LogP contribution in [0.15, 0.2) is 48.8 Å². The van der Waals surface area contributed by atoms with Gasteiger partial charge < -0.3 is 29.9 Å². The van der Waals surface area contributed by atoms with E-state index in [0.717, 1.165) is 32.1 Å². The van der Waals surface area contributed by atoms with Gasteiger partial charge in [0.05, 0.1) is 19.0 Å². The van der Waals surface area contributed by atoms with Crippen molar-refractivity contribution in [3.05, 3.63) is 48.8 Å². The lowest BCUT2D eigenvalue weighted by Gasteiger charge is -2.32. The fourth-order valence-electron chi connectivity index (χ4n) is 5.99. The van der Waals surface area contributed by atoms with Gasteiger partial charge in [-0.1, -0.05) is 56.9 Å². The maximum Gasteiger partial charge on any atom is 0.459 e. The lowest BCUT2D eigenvalue weighted by Crippen LogP contribution is -2.51. The lowest BCUT2D eigenvalue weighted by molar-refractivity contribution is -0.202. The van der Waals surface area contributed by atoms with Crippen molar-refractivity contribution in [3.63, 3.8) is 0 Å². The van der Waals surface area contributed by atoms with Crippen LogP contribution in [0.25, 0.3) is 11.2 Å². The normalized spacial score (nSPS) is 26.9. The van der Waals surface area contributed by atoms with E-state index in [2.05, 4.69) is 26.6 Å². The molecule has 14 nitrogen and oxygen atoms in total. The van der Waals surface area contributed by atoms with Crippen LogP contribution in [0.2, 0.25) is 0 Å². The Morgan fingerprint density at radius 3 is 2.64 bits per heavy atom. The van der Waals surface area contributed by atoms with Crippen LogP contribution in [0, 0.1) is 5.92 Å². The summed E-state index contributed by atoms with van der Waals surface area (Å²) in [6, 6.07) is 7.05. The molecule has 1 saturated carbocycles. The number of ketones is 1. The van der Waals surface area contributed by atoms with Crippen LogP contribution in [-0.2, 0) is 18.6 Å². The summed E-state index contributed by atoms with van der Waals surface area (Å²) >= 11 is 0. The number of carbonyl (C=O) groups is 1. The summed E-state index contributed by atoms with van der Waals surface area (Å²) in [6.07, 6.45) is 2.61. The molecule has 2 fully saturated rings. The van der Waals surface area contributed by atoms with Crippen LogP contribution < -0.4 is 20.1 Å². The van der Waals surface area contributed by atoms with Crippen LogP contribution in [0.3, 0.4) is 0 Å². The minimum atomic E-state index is -4.51. The van der Waals surface area contributed by atoms with Crippen molar-refractivity contribution in [2.24, 2.45) is 5.92 Å². The van der Waals surface area contributed by atoms with Gasteiger partial charge in [0, 0.05) is 6.42 Å². The Morgan fingerprint density at radius 1 is 1.28 bits per heavy atom. The van der Waals surface area contributed by atoms with Crippen molar-refractivity contribution >= 4 is 30.6 Å². The molecule has 5 N–H and O–H groups in total. The van der Waals surface area contributed by atoms with E-state index in [9.17, 15) is 19.6 Å². The number of nitrogen functional groups attached to an aromatic ring is 1. The number of aliphatic hydroxyl groups excluding tert-OH is 1. The van der Waals surface area contributed by atoms with Crippen molar-refractivity contribution in [2.45, 2.75) is 89.1 Å². The van der Waals surface area contributed by atoms with Gasteiger partial charge in [0.25, 0.3) is 5.85 Å². The Hall–Kier alpha value is -3.46. The number of hydrogen-bond acceptors (Lipinski definition) is 12. The highest BCUT2D eigenvalue weighted by Gasteiger charge is 2.66. The Morgan fingerprint density at radius 2 is 1.98 bits per heavy atom. The first-order valence-electron chi connectivity index (χ1n) is 15.7. The highest BCUT2D eigenvalue weighted by Crippen LogP contribution is 2.52. The molecule has 0 unspecified atom stereocenters. The van der Waals surface area contributed by atoms with E-state index < -0.39 is 44.2 Å².